The summed E-state index contributed by atoms with van der Waals surface area (Å²) in [5, 5.41) is 0.899. The van der Waals surface area contributed by atoms with Gasteiger partial charge in [0.05, 0.1) is 5.75 Å². The molecule has 0 aromatic heterocycles. The van der Waals surface area contributed by atoms with Crippen molar-refractivity contribution in [2.75, 3.05) is 5.73 Å². The number of hydrogen-bond acceptors (Lipinski definition) is 3. The maximum atomic E-state index is 13.4. The van der Waals surface area contributed by atoms with Crippen LogP contribution in [0.5, 0.6) is 0 Å². The highest BCUT2D eigenvalue weighted by atomic mass is 32.2. The average molecular weight is 309 g/mol. The van der Waals surface area contributed by atoms with Crippen molar-refractivity contribution >= 4 is 21.6 Å². The maximum Gasteiger partial charge on any atom is 0.175 e. The van der Waals surface area contributed by atoms with E-state index in [0.29, 0.717) is 17.3 Å². The smallest absolute Gasteiger partial charge is 0.175 e. The van der Waals surface area contributed by atoms with Crippen molar-refractivity contribution in [3.8, 4) is 0 Å². The molecule has 0 saturated heterocycles. The molecule has 0 aliphatic rings. The van der Waals surface area contributed by atoms with Crippen LogP contribution in [0.15, 0.2) is 47.9 Å². The van der Waals surface area contributed by atoms with E-state index in [4.69, 9.17) is 5.73 Å². The fourth-order valence-corrected chi connectivity index (χ4v) is 2.89. The van der Waals surface area contributed by atoms with Gasteiger partial charge in [0.1, 0.15) is 11.6 Å². The molecule has 0 amide bonds. The Hall–Kier alpha value is -2.21. The van der Waals surface area contributed by atoms with Gasteiger partial charge in [0, 0.05) is 22.7 Å². The number of nitrogens with two attached hydrogens (primary N) is 1. The molecule has 2 aromatic carbocycles. The molecule has 0 aliphatic heterocycles. The monoisotopic (exact) mass is 309 g/mol. The topological polar surface area (TPSA) is 60.2 Å². The van der Waals surface area contributed by atoms with Gasteiger partial charge in [-0.1, -0.05) is 18.2 Å². The Bertz CT molecular complexity index is 786. The van der Waals surface area contributed by atoms with Crippen LogP contribution in [0.1, 0.15) is 11.1 Å². The molecule has 21 heavy (non-hydrogen) atoms. The molecule has 110 valence electrons. The van der Waals surface area contributed by atoms with Crippen LogP contribution in [0.2, 0.25) is 0 Å². The zero-order valence-corrected chi connectivity index (χ0v) is 11.8. The number of anilines is 1. The molecule has 2 aromatic rings. The highest BCUT2D eigenvalue weighted by molar-refractivity contribution is 7.93. The van der Waals surface area contributed by atoms with Crippen molar-refractivity contribution in [3.05, 3.63) is 70.6 Å². The predicted octanol–water partition coefficient (Wildman–Crippen LogP) is 3.13. The third kappa shape index (κ3) is 4.13. The molecule has 0 heterocycles. The van der Waals surface area contributed by atoms with Crippen molar-refractivity contribution < 1.29 is 17.2 Å². The van der Waals surface area contributed by atoms with Crippen LogP contribution in [0, 0.1) is 11.6 Å². The lowest BCUT2D eigenvalue weighted by Crippen LogP contribution is -2.03. The van der Waals surface area contributed by atoms with Gasteiger partial charge in [-0.05, 0) is 29.8 Å². The number of sulfone groups is 1. The first-order valence-corrected chi connectivity index (χ1v) is 7.78. The molecule has 0 unspecified atom stereocenters. The minimum atomic E-state index is -3.60. The largest absolute Gasteiger partial charge is 0.398 e. The Morgan fingerprint density at radius 3 is 2.48 bits per heavy atom. The Labute approximate surface area is 121 Å². The molecule has 2 N–H and O–H groups in total. The van der Waals surface area contributed by atoms with E-state index >= 15 is 0 Å². The Balaban J connectivity index is 2.21. The van der Waals surface area contributed by atoms with Crippen LogP contribution < -0.4 is 5.73 Å². The fourth-order valence-electron chi connectivity index (χ4n) is 1.74. The first kappa shape index (κ1) is 15.2. The summed E-state index contributed by atoms with van der Waals surface area (Å²) < 4.78 is 50.1. The van der Waals surface area contributed by atoms with E-state index in [1.807, 2.05) is 0 Å². The van der Waals surface area contributed by atoms with E-state index in [1.165, 1.54) is 6.07 Å². The fraction of sp³-hybridized carbons (Fsp3) is 0.0667. The summed E-state index contributed by atoms with van der Waals surface area (Å²) in [4.78, 5) is 0. The van der Waals surface area contributed by atoms with Gasteiger partial charge in [-0.2, -0.15) is 0 Å². The summed E-state index contributed by atoms with van der Waals surface area (Å²) in [6, 6.07) is 9.53. The Morgan fingerprint density at radius 2 is 1.81 bits per heavy atom. The van der Waals surface area contributed by atoms with E-state index in [1.54, 1.807) is 24.3 Å². The van der Waals surface area contributed by atoms with Gasteiger partial charge in [-0.25, -0.2) is 17.2 Å². The van der Waals surface area contributed by atoms with Crippen molar-refractivity contribution in [2.45, 2.75) is 5.75 Å². The lowest BCUT2D eigenvalue weighted by molar-refractivity contribution is 0.581. The lowest BCUT2D eigenvalue weighted by atomic mass is 10.2. The summed E-state index contributed by atoms with van der Waals surface area (Å²) >= 11 is 0. The number of para-hydroxylation sites is 1. The third-order valence-corrected chi connectivity index (χ3v) is 4.09. The van der Waals surface area contributed by atoms with Crippen molar-refractivity contribution in [1.82, 2.24) is 0 Å². The minimum Gasteiger partial charge on any atom is -0.398 e. The van der Waals surface area contributed by atoms with Gasteiger partial charge in [0.25, 0.3) is 0 Å². The van der Waals surface area contributed by atoms with Crippen LogP contribution in [0.25, 0.3) is 6.08 Å². The van der Waals surface area contributed by atoms with E-state index < -0.39 is 21.5 Å². The van der Waals surface area contributed by atoms with Crippen molar-refractivity contribution in [1.29, 1.82) is 0 Å². The van der Waals surface area contributed by atoms with Gasteiger partial charge in [-0.15, -0.1) is 0 Å². The maximum absolute atomic E-state index is 13.4. The van der Waals surface area contributed by atoms with Gasteiger partial charge < -0.3 is 5.73 Å². The van der Waals surface area contributed by atoms with Gasteiger partial charge in [0.15, 0.2) is 9.84 Å². The molecule has 0 bridgehead atoms. The van der Waals surface area contributed by atoms with Crippen molar-refractivity contribution in [2.24, 2.45) is 0 Å². The quantitative estimate of drug-likeness (QED) is 0.883. The molecule has 6 heteroatoms. The molecule has 0 aliphatic carbocycles. The Morgan fingerprint density at radius 1 is 1.10 bits per heavy atom. The number of benzene rings is 2. The molecule has 0 radical (unpaired) electrons. The predicted molar refractivity (Wildman–Crippen MR) is 78.9 cm³/mol. The lowest BCUT2D eigenvalue weighted by Gasteiger charge is -2.04. The molecule has 0 fully saturated rings. The van der Waals surface area contributed by atoms with Crippen LogP contribution >= 0.6 is 0 Å². The zero-order valence-electron chi connectivity index (χ0n) is 11.0. The molecule has 0 spiro atoms. The summed E-state index contributed by atoms with van der Waals surface area (Å²) in [6.07, 6.45) is 1.10. The second kappa shape index (κ2) is 6.05. The number of hydrogen-bond donors (Lipinski definition) is 1. The Kier molecular flexibility index (Phi) is 4.37. The standard InChI is InChI=1S/C15H13F2NO2S/c16-13-6-5-11(14(17)9-13)7-8-21(19,20)10-12-3-1-2-4-15(12)18/h1-9H,10,18H2/b8-7-. The van der Waals surface area contributed by atoms with E-state index in [2.05, 4.69) is 0 Å². The number of rotatable bonds is 4. The van der Waals surface area contributed by atoms with Crippen molar-refractivity contribution in [3.63, 3.8) is 0 Å². The van der Waals surface area contributed by atoms with Crippen LogP contribution in [0.3, 0.4) is 0 Å². The summed E-state index contributed by atoms with van der Waals surface area (Å²) in [5.41, 5.74) is 6.54. The molecule has 0 saturated carbocycles. The van der Waals surface area contributed by atoms with E-state index in [0.717, 1.165) is 17.6 Å². The first-order valence-electron chi connectivity index (χ1n) is 6.07. The van der Waals surface area contributed by atoms with Gasteiger partial charge in [-0.3, -0.25) is 0 Å². The van der Waals surface area contributed by atoms with Crippen LogP contribution in [-0.2, 0) is 15.6 Å². The van der Waals surface area contributed by atoms with Gasteiger partial charge >= 0.3 is 0 Å². The summed E-state index contributed by atoms with van der Waals surface area (Å²) in [6.45, 7) is 0. The van der Waals surface area contributed by atoms with Gasteiger partial charge in [0.2, 0.25) is 0 Å². The first-order chi connectivity index (χ1) is 9.87. The van der Waals surface area contributed by atoms with Crippen LogP contribution in [-0.4, -0.2) is 8.42 Å². The molecular formula is C15H13F2NO2S. The summed E-state index contributed by atoms with van der Waals surface area (Å²) in [5.74, 6) is -1.82. The highest BCUT2D eigenvalue weighted by Gasteiger charge is 2.10. The van der Waals surface area contributed by atoms with Crippen LogP contribution in [0.4, 0.5) is 14.5 Å². The molecular weight excluding hydrogens is 296 g/mol. The summed E-state index contributed by atoms with van der Waals surface area (Å²) in [7, 11) is -3.60. The molecule has 0 atom stereocenters. The zero-order chi connectivity index (χ0) is 15.5. The normalized spacial score (nSPS) is 11.9. The third-order valence-electron chi connectivity index (χ3n) is 2.83. The molecule has 3 nitrogen and oxygen atoms in total. The second-order valence-corrected chi connectivity index (χ2v) is 6.36. The minimum absolute atomic E-state index is 0.000934. The molecule has 2 rings (SSSR count). The SMILES string of the molecule is Nc1ccccc1CS(=O)(=O)/C=C\c1ccc(F)cc1F. The highest BCUT2D eigenvalue weighted by Crippen LogP contribution is 2.17. The van der Waals surface area contributed by atoms with E-state index in [9.17, 15) is 17.2 Å². The average Bonchev–Trinajstić information content (AvgIpc) is 2.40. The number of halogens is 2. The van der Waals surface area contributed by atoms with E-state index in [-0.39, 0.29) is 11.3 Å². The number of nitrogen functional groups attached to an aromatic ring is 1. The second-order valence-electron chi connectivity index (χ2n) is 4.47.